The van der Waals surface area contributed by atoms with Crippen LogP contribution < -0.4 is 5.73 Å². The molecule has 2 N–H and O–H groups in total. The summed E-state index contributed by atoms with van der Waals surface area (Å²) in [5, 5.41) is 0. The van der Waals surface area contributed by atoms with Gasteiger partial charge in [-0.15, -0.1) is 0 Å². The van der Waals surface area contributed by atoms with Crippen LogP contribution in [-0.2, 0) is 0 Å². The second-order valence-electron chi connectivity index (χ2n) is 7.37. The Morgan fingerprint density at radius 2 is 2.00 bits per heavy atom. The van der Waals surface area contributed by atoms with Crippen LogP contribution in [-0.4, -0.2) is 79.1 Å². The fourth-order valence-corrected chi connectivity index (χ4v) is 4.72. The number of hydrogen-bond donors (Lipinski definition) is 1. The Morgan fingerprint density at radius 3 is 2.70 bits per heavy atom. The van der Waals surface area contributed by atoms with Crippen molar-refractivity contribution >= 4 is 0 Å². The van der Waals surface area contributed by atoms with Gasteiger partial charge in [-0.3, -0.25) is 4.90 Å². The summed E-state index contributed by atoms with van der Waals surface area (Å²) in [6, 6.07) is 1.54. The van der Waals surface area contributed by atoms with Crippen molar-refractivity contribution in [2.24, 2.45) is 5.73 Å². The summed E-state index contributed by atoms with van der Waals surface area (Å²) >= 11 is 0. The number of nitrogens with two attached hydrogens (primary N) is 1. The molecule has 4 nitrogen and oxygen atoms in total. The third-order valence-corrected chi connectivity index (χ3v) is 6.32. The maximum atomic E-state index is 6.26. The summed E-state index contributed by atoms with van der Waals surface area (Å²) in [5.41, 5.74) is 6.52. The first-order chi connectivity index (χ1) is 9.64. The van der Waals surface area contributed by atoms with Crippen molar-refractivity contribution in [2.75, 3.05) is 46.8 Å². The molecule has 3 rings (SSSR count). The van der Waals surface area contributed by atoms with Crippen molar-refractivity contribution in [1.29, 1.82) is 0 Å². The number of likely N-dealkylation sites (N-methyl/N-ethyl adjacent to an activating group) is 2. The molecule has 0 aromatic rings. The lowest BCUT2D eigenvalue weighted by molar-refractivity contribution is 0.0158. The molecule has 3 aliphatic heterocycles. The lowest BCUT2D eigenvalue weighted by Crippen LogP contribution is -2.61. The highest BCUT2D eigenvalue weighted by Gasteiger charge is 2.43. The fraction of sp³-hybridized carbons (Fsp3) is 1.00. The van der Waals surface area contributed by atoms with Gasteiger partial charge in [0.25, 0.3) is 0 Å². The average Bonchev–Trinajstić information content (AvgIpc) is 3.07. The maximum absolute atomic E-state index is 6.26. The molecular weight excluding hydrogens is 248 g/mol. The lowest BCUT2D eigenvalue weighted by Gasteiger charge is -2.50. The molecule has 0 amide bonds. The zero-order valence-electron chi connectivity index (χ0n) is 13.4. The fourth-order valence-electron chi connectivity index (χ4n) is 4.72. The minimum Gasteiger partial charge on any atom is -0.329 e. The van der Waals surface area contributed by atoms with Gasteiger partial charge < -0.3 is 15.5 Å². The molecule has 116 valence electrons. The standard InChI is InChI=1S/C16H32N4/c1-18-8-3-6-15(18)12-19(2)16(13-17)7-10-20-9-4-5-14(20)11-16/h14-15H,3-13,17H2,1-2H3. The quantitative estimate of drug-likeness (QED) is 0.832. The number of hydrogen-bond acceptors (Lipinski definition) is 4. The van der Waals surface area contributed by atoms with E-state index in [4.69, 9.17) is 5.73 Å². The second-order valence-corrected chi connectivity index (χ2v) is 7.37. The Labute approximate surface area is 124 Å². The molecular formula is C16H32N4. The minimum atomic E-state index is 0.259. The molecule has 3 heterocycles. The molecule has 0 saturated carbocycles. The molecule has 20 heavy (non-hydrogen) atoms. The van der Waals surface area contributed by atoms with E-state index in [1.54, 1.807) is 0 Å². The minimum absolute atomic E-state index is 0.259. The molecule has 3 saturated heterocycles. The van der Waals surface area contributed by atoms with Gasteiger partial charge in [-0.25, -0.2) is 0 Å². The van der Waals surface area contributed by atoms with Crippen LogP contribution in [0.1, 0.15) is 38.5 Å². The van der Waals surface area contributed by atoms with E-state index in [2.05, 4.69) is 28.8 Å². The predicted octanol–water partition coefficient (Wildman–Crippen LogP) is 0.968. The van der Waals surface area contributed by atoms with Crippen LogP contribution in [0.15, 0.2) is 0 Å². The van der Waals surface area contributed by atoms with Crippen LogP contribution in [0.3, 0.4) is 0 Å². The van der Waals surface area contributed by atoms with E-state index >= 15 is 0 Å². The van der Waals surface area contributed by atoms with Gasteiger partial charge >= 0.3 is 0 Å². The monoisotopic (exact) mass is 280 g/mol. The lowest BCUT2D eigenvalue weighted by atomic mass is 9.81. The number of fused-ring (bicyclic) bond motifs is 1. The molecule has 0 radical (unpaired) electrons. The van der Waals surface area contributed by atoms with Crippen LogP contribution >= 0.6 is 0 Å². The Balaban J connectivity index is 1.65. The van der Waals surface area contributed by atoms with Gasteiger partial charge in [-0.2, -0.15) is 0 Å². The first-order valence-corrected chi connectivity index (χ1v) is 8.50. The number of likely N-dealkylation sites (tertiary alicyclic amines) is 1. The van der Waals surface area contributed by atoms with Crippen LogP contribution in [0.25, 0.3) is 0 Å². The Morgan fingerprint density at radius 1 is 1.20 bits per heavy atom. The van der Waals surface area contributed by atoms with Crippen molar-refractivity contribution in [3.05, 3.63) is 0 Å². The SMILES string of the molecule is CN1CCCC1CN(C)C1(CN)CCN2CCCC2C1. The summed E-state index contributed by atoms with van der Waals surface area (Å²) in [6.07, 6.45) is 8.04. The largest absolute Gasteiger partial charge is 0.329 e. The highest BCUT2D eigenvalue weighted by Crippen LogP contribution is 2.36. The highest BCUT2D eigenvalue weighted by atomic mass is 15.3. The van der Waals surface area contributed by atoms with E-state index in [0.717, 1.165) is 18.6 Å². The first-order valence-electron chi connectivity index (χ1n) is 8.50. The van der Waals surface area contributed by atoms with Gasteiger partial charge in [0.05, 0.1) is 0 Å². The summed E-state index contributed by atoms with van der Waals surface area (Å²) in [5.74, 6) is 0. The predicted molar refractivity (Wildman–Crippen MR) is 83.9 cm³/mol. The van der Waals surface area contributed by atoms with Crippen molar-refractivity contribution in [3.63, 3.8) is 0 Å². The number of piperidine rings is 1. The highest BCUT2D eigenvalue weighted by molar-refractivity contribution is 5.02. The molecule has 4 heteroatoms. The molecule has 3 aliphatic rings. The van der Waals surface area contributed by atoms with Crippen LogP contribution in [0.4, 0.5) is 0 Å². The van der Waals surface area contributed by atoms with Crippen molar-refractivity contribution < 1.29 is 0 Å². The smallest absolute Gasteiger partial charge is 0.0356 e. The number of rotatable bonds is 4. The van der Waals surface area contributed by atoms with Gasteiger partial charge in [0.2, 0.25) is 0 Å². The summed E-state index contributed by atoms with van der Waals surface area (Å²) < 4.78 is 0. The molecule has 0 aromatic carbocycles. The van der Waals surface area contributed by atoms with Crippen molar-refractivity contribution in [3.8, 4) is 0 Å². The normalized spacial score (nSPS) is 39.6. The zero-order valence-corrected chi connectivity index (χ0v) is 13.4. The average molecular weight is 280 g/mol. The Bertz CT molecular complexity index is 334. The van der Waals surface area contributed by atoms with E-state index in [0.29, 0.717) is 0 Å². The van der Waals surface area contributed by atoms with Crippen molar-refractivity contribution in [2.45, 2.75) is 56.1 Å². The van der Waals surface area contributed by atoms with Gasteiger partial charge in [-0.05, 0) is 65.7 Å². The van der Waals surface area contributed by atoms with Gasteiger partial charge in [-0.1, -0.05) is 0 Å². The topological polar surface area (TPSA) is 35.7 Å². The van der Waals surface area contributed by atoms with Crippen LogP contribution in [0.5, 0.6) is 0 Å². The summed E-state index contributed by atoms with van der Waals surface area (Å²) in [7, 11) is 4.60. The summed E-state index contributed by atoms with van der Waals surface area (Å²) in [4.78, 5) is 7.85. The summed E-state index contributed by atoms with van der Waals surface area (Å²) in [6.45, 7) is 5.86. The molecule has 3 atom stereocenters. The van der Waals surface area contributed by atoms with E-state index in [9.17, 15) is 0 Å². The van der Waals surface area contributed by atoms with Crippen molar-refractivity contribution in [1.82, 2.24) is 14.7 Å². The molecule has 0 aromatic heterocycles. The Kier molecular flexibility index (Phi) is 4.37. The first kappa shape index (κ1) is 14.8. The van der Waals surface area contributed by atoms with Crippen LogP contribution in [0.2, 0.25) is 0 Å². The van der Waals surface area contributed by atoms with E-state index < -0.39 is 0 Å². The van der Waals surface area contributed by atoms with Gasteiger partial charge in [0.1, 0.15) is 0 Å². The molecule has 0 bridgehead atoms. The van der Waals surface area contributed by atoms with E-state index in [-0.39, 0.29) is 5.54 Å². The maximum Gasteiger partial charge on any atom is 0.0356 e. The zero-order chi connectivity index (χ0) is 14.2. The molecule has 0 aliphatic carbocycles. The Hall–Kier alpha value is -0.160. The second kappa shape index (κ2) is 5.91. The third-order valence-electron chi connectivity index (χ3n) is 6.32. The van der Waals surface area contributed by atoms with Gasteiger partial charge in [0.15, 0.2) is 0 Å². The molecule has 3 fully saturated rings. The van der Waals surface area contributed by atoms with E-state index in [1.807, 2.05) is 0 Å². The number of nitrogens with zero attached hydrogens (tertiary/aromatic N) is 3. The third kappa shape index (κ3) is 2.63. The van der Waals surface area contributed by atoms with E-state index in [1.165, 1.54) is 64.7 Å². The van der Waals surface area contributed by atoms with Crippen LogP contribution in [0, 0.1) is 0 Å². The molecule has 3 unspecified atom stereocenters. The molecule has 0 spiro atoms. The van der Waals surface area contributed by atoms with Gasteiger partial charge in [0, 0.05) is 37.3 Å².